The van der Waals surface area contributed by atoms with Gasteiger partial charge in [0.25, 0.3) is 5.91 Å². The van der Waals surface area contributed by atoms with Gasteiger partial charge in [0.2, 0.25) is 0 Å². The predicted octanol–water partition coefficient (Wildman–Crippen LogP) is 2.23. The Morgan fingerprint density at radius 3 is 2.86 bits per heavy atom. The van der Waals surface area contributed by atoms with E-state index in [1.54, 1.807) is 12.3 Å². The van der Waals surface area contributed by atoms with Crippen LogP contribution in [0, 0.1) is 5.92 Å². The summed E-state index contributed by atoms with van der Waals surface area (Å²) in [7, 11) is 0. The molecule has 1 amide bonds. The Bertz CT molecular complexity index is 629. The van der Waals surface area contributed by atoms with E-state index in [1.807, 2.05) is 12.1 Å². The van der Waals surface area contributed by atoms with Crippen LogP contribution in [0.5, 0.6) is 0 Å². The molecule has 1 N–H and O–H groups in total. The fourth-order valence-corrected chi connectivity index (χ4v) is 4.18. The van der Waals surface area contributed by atoms with Gasteiger partial charge in [-0.1, -0.05) is 5.16 Å². The second kappa shape index (κ2) is 5.27. The van der Waals surface area contributed by atoms with Crippen molar-refractivity contribution in [2.24, 2.45) is 5.92 Å². The second-order valence-electron chi connectivity index (χ2n) is 5.77. The van der Waals surface area contributed by atoms with E-state index in [0.717, 1.165) is 22.0 Å². The molecule has 1 atom stereocenters. The van der Waals surface area contributed by atoms with Gasteiger partial charge in [-0.3, -0.25) is 4.79 Å². The number of thiophene rings is 1. The summed E-state index contributed by atoms with van der Waals surface area (Å²) < 4.78 is 4.84. The molecule has 2 aromatic rings. The van der Waals surface area contributed by atoms with E-state index < -0.39 is 0 Å². The Hall–Kier alpha value is -1.66. The zero-order valence-corrected chi connectivity index (χ0v) is 12.4. The number of amides is 1. The average molecular weight is 303 g/mol. The lowest BCUT2D eigenvalue weighted by Gasteiger charge is -2.44. The fraction of sp³-hybridized carbons (Fsp3) is 0.467. The van der Waals surface area contributed by atoms with Gasteiger partial charge >= 0.3 is 0 Å². The number of fused-ring (bicyclic) bond motifs is 3. The molecule has 0 aliphatic carbocycles. The quantitative estimate of drug-likeness (QED) is 0.944. The van der Waals surface area contributed by atoms with Crippen LogP contribution in [-0.2, 0) is 0 Å². The van der Waals surface area contributed by atoms with E-state index in [2.05, 4.69) is 15.4 Å². The Balaban J connectivity index is 1.46. The van der Waals surface area contributed by atoms with E-state index in [0.29, 0.717) is 12.0 Å². The molecule has 110 valence electrons. The lowest BCUT2D eigenvalue weighted by atomic mass is 9.84. The van der Waals surface area contributed by atoms with Crippen molar-refractivity contribution < 1.29 is 9.32 Å². The summed E-state index contributed by atoms with van der Waals surface area (Å²) in [6.07, 6.45) is 3.96. The SMILES string of the molecule is O=C(N[C@H]1CN2CCC1CC2)c1ccc(-c2ccon2)s1. The molecule has 5 nitrogen and oxygen atoms in total. The number of nitrogens with zero attached hydrogens (tertiary/aromatic N) is 2. The highest BCUT2D eigenvalue weighted by molar-refractivity contribution is 7.17. The van der Waals surface area contributed by atoms with Gasteiger partial charge in [-0.25, -0.2) is 0 Å². The third-order valence-corrected chi connectivity index (χ3v) is 5.60. The van der Waals surface area contributed by atoms with E-state index in [4.69, 9.17) is 4.52 Å². The summed E-state index contributed by atoms with van der Waals surface area (Å²) in [4.78, 5) is 16.6. The van der Waals surface area contributed by atoms with Gasteiger partial charge in [0.05, 0.1) is 9.75 Å². The number of hydrogen-bond acceptors (Lipinski definition) is 5. The molecule has 0 unspecified atom stereocenters. The van der Waals surface area contributed by atoms with Crippen LogP contribution in [0.25, 0.3) is 10.6 Å². The first-order valence-electron chi connectivity index (χ1n) is 7.33. The number of nitrogens with one attached hydrogen (secondary N) is 1. The highest BCUT2D eigenvalue weighted by atomic mass is 32.1. The van der Waals surface area contributed by atoms with E-state index in [1.165, 1.54) is 37.3 Å². The van der Waals surface area contributed by atoms with Crippen molar-refractivity contribution in [3.05, 3.63) is 29.3 Å². The summed E-state index contributed by atoms with van der Waals surface area (Å²) in [5.74, 6) is 0.683. The van der Waals surface area contributed by atoms with Gasteiger partial charge in [-0.05, 0) is 44.0 Å². The highest BCUT2D eigenvalue weighted by Crippen LogP contribution is 2.29. The van der Waals surface area contributed by atoms with Gasteiger partial charge in [0.15, 0.2) is 0 Å². The summed E-state index contributed by atoms with van der Waals surface area (Å²) in [5, 5.41) is 7.11. The minimum atomic E-state index is 0.0356. The summed E-state index contributed by atoms with van der Waals surface area (Å²) in [6, 6.07) is 5.90. The van der Waals surface area contributed by atoms with E-state index in [9.17, 15) is 4.79 Å². The number of carbonyl (C=O) groups excluding carboxylic acids is 1. The zero-order chi connectivity index (χ0) is 14.2. The number of hydrogen-bond donors (Lipinski definition) is 1. The zero-order valence-electron chi connectivity index (χ0n) is 11.6. The minimum Gasteiger partial charge on any atom is -0.364 e. The van der Waals surface area contributed by atoms with Crippen molar-refractivity contribution in [1.82, 2.24) is 15.4 Å². The van der Waals surface area contributed by atoms with Crippen LogP contribution in [0.15, 0.2) is 29.0 Å². The molecule has 3 fully saturated rings. The molecular formula is C15H17N3O2S. The molecule has 3 aliphatic heterocycles. The molecular weight excluding hydrogens is 286 g/mol. The third kappa shape index (κ3) is 2.49. The van der Waals surface area contributed by atoms with Crippen molar-refractivity contribution in [3.63, 3.8) is 0 Å². The highest BCUT2D eigenvalue weighted by Gasteiger charge is 2.35. The monoisotopic (exact) mass is 303 g/mol. The van der Waals surface area contributed by atoms with Crippen molar-refractivity contribution in [1.29, 1.82) is 0 Å². The van der Waals surface area contributed by atoms with Gasteiger partial charge in [-0.2, -0.15) is 0 Å². The molecule has 5 rings (SSSR count). The second-order valence-corrected chi connectivity index (χ2v) is 6.85. The van der Waals surface area contributed by atoms with Crippen LogP contribution in [0.2, 0.25) is 0 Å². The Morgan fingerprint density at radius 2 is 2.19 bits per heavy atom. The predicted molar refractivity (Wildman–Crippen MR) is 80.2 cm³/mol. The molecule has 5 heterocycles. The van der Waals surface area contributed by atoms with Crippen LogP contribution in [0.1, 0.15) is 22.5 Å². The van der Waals surface area contributed by atoms with E-state index >= 15 is 0 Å². The molecule has 6 heteroatoms. The first-order valence-corrected chi connectivity index (χ1v) is 8.15. The van der Waals surface area contributed by atoms with Crippen LogP contribution in [0.3, 0.4) is 0 Å². The smallest absolute Gasteiger partial charge is 0.261 e. The van der Waals surface area contributed by atoms with Crippen LogP contribution >= 0.6 is 11.3 Å². The normalized spacial score (nSPS) is 27.7. The van der Waals surface area contributed by atoms with Gasteiger partial charge in [0.1, 0.15) is 12.0 Å². The maximum Gasteiger partial charge on any atom is 0.261 e. The summed E-state index contributed by atoms with van der Waals surface area (Å²) >= 11 is 1.46. The molecule has 3 aliphatic rings. The minimum absolute atomic E-state index is 0.0356. The molecule has 3 saturated heterocycles. The van der Waals surface area contributed by atoms with Crippen molar-refractivity contribution in [2.75, 3.05) is 19.6 Å². The third-order valence-electron chi connectivity index (χ3n) is 4.49. The maximum atomic E-state index is 12.4. The van der Waals surface area contributed by atoms with Crippen LogP contribution in [0.4, 0.5) is 0 Å². The molecule has 0 saturated carbocycles. The van der Waals surface area contributed by atoms with E-state index in [-0.39, 0.29) is 5.91 Å². The fourth-order valence-electron chi connectivity index (χ4n) is 3.31. The summed E-state index contributed by atoms with van der Waals surface area (Å²) in [6.45, 7) is 3.37. The topological polar surface area (TPSA) is 58.4 Å². The number of rotatable bonds is 3. The molecule has 2 bridgehead atoms. The molecule has 0 aromatic carbocycles. The largest absolute Gasteiger partial charge is 0.364 e. The molecule has 0 radical (unpaired) electrons. The molecule has 0 spiro atoms. The van der Waals surface area contributed by atoms with Crippen molar-refractivity contribution in [3.8, 4) is 10.6 Å². The van der Waals surface area contributed by atoms with Crippen molar-refractivity contribution in [2.45, 2.75) is 18.9 Å². The molecule has 21 heavy (non-hydrogen) atoms. The van der Waals surface area contributed by atoms with Gasteiger partial charge < -0.3 is 14.7 Å². The molecule has 2 aromatic heterocycles. The Labute approximate surface area is 126 Å². The van der Waals surface area contributed by atoms with Crippen molar-refractivity contribution >= 4 is 17.2 Å². The Kier molecular flexibility index (Phi) is 3.27. The standard InChI is InChI=1S/C15H17N3O2S/c19-15(16-12-9-18-6-3-10(12)4-7-18)14-2-1-13(21-14)11-5-8-20-17-11/h1-2,5,8,10,12H,3-4,6-7,9H2,(H,16,19)/t12-/m0/s1. The Morgan fingerprint density at radius 1 is 1.33 bits per heavy atom. The summed E-state index contributed by atoms with van der Waals surface area (Å²) in [5.41, 5.74) is 0.780. The number of aromatic nitrogens is 1. The van der Waals surface area contributed by atoms with Gasteiger partial charge in [-0.15, -0.1) is 11.3 Å². The average Bonchev–Trinajstić information content (AvgIpc) is 3.20. The maximum absolute atomic E-state index is 12.4. The van der Waals surface area contributed by atoms with Crippen LogP contribution in [-0.4, -0.2) is 41.6 Å². The van der Waals surface area contributed by atoms with Crippen LogP contribution < -0.4 is 5.32 Å². The first kappa shape index (κ1) is 13.0. The van der Waals surface area contributed by atoms with Gasteiger partial charge in [0, 0.05) is 18.7 Å². The number of carbonyl (C=O) groups is 1. The lowest BCUT2D eigenvalue weighted by molar-refractivity contribution is 0.0622. The lowest BCUT2D eigenvalue weighted by Crippen LogP contribution is -2.57. The first-order chi connectivity index (χ1) is 10.3. The number of piperidine rings is 3.